The minimum absolute atomic E-state index is 0.780. The van der Waals surface area contributed by atoms with Gasteiger partial charge < -0.3 is 15.0 Å². The first-order valence-electron chi connectivity index (χ1n) is 6.55. The van der Waals surface area contributed by atoms with Crippen LogP contribution in [0.15, 0.2) is 48.8 Å². The number of para-hydroxylation sites is 1. The molecule has 0 saturated carbocycles. The first-order valence-corrected chi connectivity index (χ1v) is 6.55. The minimum atomic E-state index is 0.780. The largest absolute Gasteiger partial charge is 0.456 e. The second-order valence-electron chi connectivity index (χ2n) is 4.53. The second-order valence-corrected chi connectivity index (χ2v) is 4.53. The Kier molecular flexibility index (Phi) is 3.61. The first-order chi connectivity index (χ1) is 9.42. The molecule has 3 rings (SSSR count). The fraction of sp³-hybridized carbons (Fsp3) is 0.267. The Balaban J connectivity index is 1.76. The van der Waals surface area contributed by atoms with Crippen molar-refractivity contribution in [2.45, 2.75) is 0 Å². The highest BCUT2D eigenvalue weighted by Gasteiger charge is 2.11. The Bertz CT molecular complexity index is 524. The fourth-order valence-electron chi connectivity index (χ4n) is 2.18. The molecule has 1 N–H and O–H groups in total. The molecule has 1 aromatic heterocycles. The van der Waals surface area contributed by atoms with Crippen molar-refractivity contribution in [2.24, 2.45) is 0 Å². The maximum absolute atomic E-state index is 5.81. The van der Waals surface area contributed by atoms with Crippen LogP contribution in [0.2, 0.25) is 0 Å². The van der Waals surface area contributed by atoms with Crippen molar-refractivity contribution >= 4 is 5.69 Å². The molecule has 0 atom stereocenters. The SMILES string of the molecule is c1ccc(Oc2cncc(N3CCNCC3)c2)cc1. The number of hydrogen-bond acceptors (Lipinski definition) is 4. The van der Waals surface area contributed by atoms with Crippen LogP contribution in [0.25, 0.3) is 0 Å². The molecule has 1 saturated heterocycles. The summed E-state index contributed by atoms with van der Waals surface area (Å²) in [5.74, 6) is 1.61. The lowest BCUT2D eigenvalue weighted by Crippen LogP contribution is -2.43. The number of benzene rings is 1. The van der Waals surface area contributed by atoms with Crippen molar-refractivity contribution in [1.29, 1.82) is 0 Å². The molecular weight excluding hydrogens is 238 g/mol. The molecule has 4 nitrogen and oxygen atoms in total. The van der Waals surface area contributed by atoms with E-state index < -0.39 is 0 Å². The number of piperazine rings is 1. The number of rotatable bonds is 3. The third-order valence-electron chi connectivity index (χ3n) is 3.16. The molecule has 0 radical (unpaired) electrons. The molecule has 98 valence electrons. The van der Waals surface area contributed by atoms with E-state index in [2.05, 4.69) is 15.2 Å². The van der Waals surface area contributed by atoms with Crippen molar-refractivity contribution in [3.05, 3.63) is 48.8 Å². The van der Waals surface area contributed by atoms with E-state index in [1.54, 1.807) is 6.20 Å². The van der Waals surface area contributed by atoms with Gasteiger partial charge in [0.2, 0.25) is 0 Å². The van der Waals surface area contributed by atoms with E-state index in [-0.39, 0.29) is 0 Å². The van der Waals surface area contributed by atoms with E-state index in [0.717, 1.165) is 43.4 Å². The summed E-state index contributed by atoms with van der Waals surface area (Å²) in [5.41, 5.74) is 1.12. The average molecular weight is 255 g/mol. The Morgan fingerprint density at radius 2 is 1.79 bits per heavy atom. The van der Waals surface area contributed by atoms with E-state index in [1.165, 1.54) is 0 Å². The second kappa shape index (κ2) is 5.71. The Hall–Kier alpha value is -2.07. The molecule has 1 fully saturated rings. The van der Waals surface area contributed by atoms with E-state index in [4.69, 9.17) is 4.74 Å². The van der Waals surface area contributed by atoms with Gasteiger partial charge in [0.25, 0.3) is 0 Å². The predicted molar refractivity (Wildman–Crippen MR) is 75.8 cm³/mol. The lowest BCUT2D eigenvalue weighted by Gasteiger charge is -2.29. The average Bonchev–Trinajstić information content (AvgIpc) is 2.49. The van der Waals surface area contributed by atoms with Gasteiger partial charge in [-0.15, -0.1) is 0 Å². The highest BCUT2D eigenvalue weighted by molar-refractivity contribution is 5.49. The summed E-state index contributed by atoms with van der Waals surface area (Å²) in [6, 6.07) is 11.8. The summed E-state index contributed by atoms with van der Waals surface area (Å²) in [6.07, 6.45) is 3.64. The predicted octanol–water partition coefficient (Wildman–Crippen LogP) is 2.28. The van der Waals surface area contributed by atoms with Crippen molar-refractivity contribution in [3.8, 4) is 11.5 Å². The van der Waals surface area contributed by atoms with Gasteiger partial charge in [0.15, 0.2) is 0 Å². The smallest absolute Gasteiger partial charge is 0.147 e. The van der Waals surface area contributed by atoms with Gasteiger partial charge in [-0.05, 0) is 12.1 Å². The number of nitrogens with one attached hydrogen (secondary N) is 1. The number of ether oxygens (including phenoxy) is 1. The van der Waals surface area contributed by atoms with Gasteiger partial charge in [0.1, 0.15) is 11.5 Å². The van der Waals surface area contributed by atoms with Crippen molar-refractivity contribution in [2.75, 3.05) is 31.1 Å². The standard InChI is InChI=1S/C15H17N3O/c1-2-4-14(5-3-1)19-15-10-13(11-17-12-15)18-8-6-16-7-9-18/h1-5,10-12,16H,6-9H2. The van der Waals surface area contributed by atoms with E-state index in [0.29, 0.717) is 0 Å². The van der Waals surface area contributed by atoms with Gasteiger partial charge in [-0.25, -0.2) is 0 Å². The van der Waals surface area contributed by atoms with E-state index >= 15 is 0 Å². The molecule has 1 aromatic carbocycles. The monoisotopic (exact) mass is 255 g/mol. The fourth-order valence-corrected chi connectivity index (χ4v) is 2.18. The van der Waals surface area contributed by atoms with Gasteiger partial charge in [0, 0.05) is 32.2 Å². The molecule has 0 spiro atoms. The molecule has 2 aromatic rings. The molecule has 0 aliphatic carbocycles. The summed E-state index contributed by atoms with van der Waals surface area (Å²) < 4.78 is 5.81. The third kappa shape index (κ3) is 3.03. The minimum Gasteiger partial charge on any atom is -0.456 e. The summed E-state index contributed by atoms with van der Waals surface area (Å²) in [7, 11) is 0. The first kappa shape index (κ1) is 12.0. The van der Waals surface area contributed by atoms with Crippen LogP contribution in [-0.4, -0.2) is 31.2 Å². The molecule has 0 unspecified atom stereocenters. The maximum atomic E-state index is 5.81. The molecule has 2 heterocycles. The lowest BCUT2D eigenvalue weighted by molar-refractivity contribution is 0.479. The molecule has 0 bridgehead atoms. The van der Waals surface area contributed by atoms with Crippen LogP contribution in [0.4, 0.5) is 5.69 Å². The molecular formula is C15H17N3O. The summed E-state index contributed by atoms with van der Waals surface area (Å²) in [5, 5.41) is 3.35. The summed E-state index contributed by atoms with van der Waals surface area (Å²) in [6.45, 7) is 4.06. The quantitative estimate of drug-likeness (QED) is 0.913. The molecule has 4 heteroatoms. The van der Waals surface area contributed by atoms with Crippen molar-refractivity contribution in [3.63, 3.8) is 0 Å². The Morgan fingerprint density at radius 1 is 1.00 bits per heavy atom. The number of nitrogens with zero attached hydrogens (tertiary/aromatic N) is 2. The Morgan fingerprint density at radius 3 is 2.58 bits per heavy atom. The van der Waals surface area contributed by atoms with Gasteiger partial charge in [-0.3, -0.25) is 4.98 Å². The van der Waals surface area contributed by atoms with Crippen LogP contribution in [0, 0.1) is 0 Å². The van der Waals surface area contributed by atoms with E-state index in [1.807, 2.05) is 42.6 Å². The number of hydrogen-bond donors (Lipinski definition) is 1. The molecule has 0 amide bonds. The number of aromatic nitrogens is 1. The van der Waals surface area contributed by atoms with Crippen LogP contribution in [-0.2, 0) is 0 Å². The van der Waals surface area contributed by atoms with Gasteiger partial charge >= 0.3 is 0 Å². The zero-order valence-corrected chi connectivity index (χ0v) is 10.7. The topological polar surface area (TPSA) is 37.4 Å². The van der Waals surface area contributed by atoms with Crippen LogP contribution in [0.1, 0.15) is 0 Å². The van der Waals surface area contributed by atoms with Crippen molar-refractivity contribution < 1.29 is 4.74 Å². The van der Waals surface area contributed by atoms with Crippen LogP contribution in [0.5, 0.6) is 11.5 Å². The molecule has 1 aliphatic rings. The third-order valence-corrected chi connectivity index (χ3v) is 3.16. The summed E-state index contributed by atoms with van der Waals surface area (Å²) >= 11 is 0. The van der Waals surface area contributed by atoms with Crippen LogP contribution < -0.4 is 15.0 Å². The lowest BCUT2D eigenvalue weighted by atomic mass is 10.3. The van der Waals surface area contributed by atoms with Crippen molar-refractivity contribution in [1.82, 2.24) is 10.3 Å². The highest BCUT2D eigenvalue weighted by Crippen LogP contribution is 2.24. The van der Waals surface area contributed by atoms with Gasteiger partial charge in [-0.1, -0.05) is 18.2 Å². The zero-order chi connectivity index (χ0) is 12.9. The van der Waals surface area contributed by atoms with E-state index in [9.17, 15) is 0 Å². The molecule has 1 aliphatic heterocycles. The number of pyridine rings is 1. The number of anilines is 1. The van der Waals surface area contributed by atoms with Crippen LogP contribution in [0.3, 0.4) is 0 Å². The Labute approximate surface area is 113 Å². The normalized spacial score (nSPS) is 15.3. The van der Waals surface area contributed by atoms with Crippen LogP contribution >= 0.6 is 0 Å². The zero-order valence-electron chi connectivity index (χ0n) is 10.7. The summed E-state index contributed by atoms with van der Waals surface area (Å²) in [4.78, 5) is 6.59. The maximum Gasteiger partial charge on any atom is 0.147 e. The molecule has 19 heavy (non-hydrogen) atoms. The van der Waals surface area contributed by atoms with Gasteiger partial charge in [-0.2, -0.15) is 0 Å². The highest BCUT2D eigenvalue weighted by atomic mass is 16.5. The van der Waals surface area contributed by atoms with Gasteiger partial charge in [0.05, 0.1) is 18.1 Å².